The van der Waals surface area contributed by atoms with Crippen LogP contribution in [-0.2, 0) is 24.3 Å². The molecule has 1 aliphatic heterocycles. The molecule has 0 fully saturated rings. The molecule has 2 N–H and O–H groups in total. The summed E-state index contributed by atoms with van der Waals surface area (Å²) in [6.07, 6.45) is 3.63. The molecule has 4 heteroatoms. The number of nitrogens with one attached hydrogen (secondary N) is 2. The van der Waals surface area contributed by atoms with E-state index in [1.54, 1.807) is 7.05 Å². The van der Waals surface area contributed by atoms with Crippen LogP contribution >= 0.6 is 0 Å². The van der Waals surface area contributed by atoms with Crippen molar-refractivity contribution < 1.29 is 4.79 Å². The Balaban J connectivity index is 2.09. The molecule has 0 saturated carbocycles. The summed E-state index contributed by atoms with van der Waals surface area (Å²) < 4.78 is 0. The number of rotatable bonds is 5. The molecule has 0 spiro atoms. The zero-order chi connectivity index (χ0) is 20.4. The predicted molar refractivity (Wildman–Crippen MR) is 116 cm³/mol. The summed E-state index contributed by atoms with van der Waals surface area (Å²) in [5.74, 6) is -0.0593. The minimum Gasteiger partial charge on any atom is -0.384 e. The summed E-state index contributed by atoms with van der Waals surface area (Å²) in [5.41, 5.74) is 10.8. The van der Waals surface area contributed by atoms with Crippen LogP contribution in [0.25, 0.3) is 11.1 Å². The smallest absolute Gasteiger partial charge is 0.270 e. The summed E-state index contributed by atoms with van der Waals surface area (Å²) in [6, 6.07) is 8.72. The lowest BCUT2D eigenvalue weighted by Gasteiger charge is -2.19. The van der Waals surface area contributed by atoms with Crippen molar-refractivity contribution in [3.8, 4) is 11.1 Å². The van der Waals surface area contributed by atoms with E-state index in [9.17, 15) is 4.79 Å². The number of fused-ring (bicyclic) bond motifs is 1. The Morgan fingerprint density at radius 1 is 1.11 bits per heavy atom. The third-order valence-electron chi connectivity index (χ3n) is 5.83. The molecule has 0 radical (unpaired) electrons. The number of hydrogen-bond donors (Lipinski definition) is 2. The van der Waals surface area contributed by atoms with Gasteiger partial charge in [-0.05, 0) is 72.2 Å². The number of amides is 1. The number of allylic oxidation sites excluding steroid dienone is 1. The fourth-order valence-electron chi connectivity index (χ4n) is 4.28. The summed E-state index contributed by atoms with van der Waals surface area (Å²) in [4.78, 5) is 14.8. The van der Waals surface area contributed by atoms with Gasteiger partial charge in [0.2, 0.25) is 0 Å². The first-order chi connectivity index (χ1) is 13.4. The van der Waals surface area contributed by atoms with Gasteiger partial charge in [0.25, 0.3) is 5.91 Å². The highest BCUT2D eigenvalue weighted by Crippen LogP contribution is 2.39. The van der Waals surface area contributed by atoms with Gasteiger partial charge in [0.05, 0.1) is 0 Å². The van der Waals surface area contributed by atoms with E-state index in [0.29, 0.717) is 18.8 Å². The van der Waals surface area contributed by atoms with Crippen LogP contribution in [0, 0.1) is 26.2 Å². The fraction of sp³-hybridized carbons (Fsp3) is 0.333. The third kappa shape index (κ3) is 3.35. The van der Waals surface area contributed by atoms with E-state index in [1.165, 1.54) is 50.6 Å². The Hall–Kier alpha value is -2.88. The molecular formula is C24H29N3O. The largest absolute Gasteiger partial charge is 0.384 e. The van der Waals surface area contributed by atoms with Gasteiger partial charge in [0.15, 0.2) is 0 Å². The monoisotopic (exact) mass is 375 g/mol. The average Bonchev–Trinajstić information content (AvgIpc) is 3.15. The van der Waals surface area contributed by atoms with Crippen LogP contribution in [-0.4, -0.2) is 24.1 Å². The van der Waals surface area contributed by atoms with Gasteiger partial charge >= 0.3 is 0 Å². The van der Waals surface area contributed by atoms with Crippen LogP contribution in [0.15, 0.2) is 36.0 Å². The summed E-state index contributed by atoms with van der Waals surface area (Å²) in [5, 5.41) is 10.2. The quantitative estimate of drug-likeness (QED) is 0.600. The van der Waals surface area contributed by atoms with Crippen LogP contribution in [0.2, 0.25) is 0 Å². The molecule has 2 aromatic rings. The first-order valence-electron chi connectivity index (χ1n) is 9.81. The van der Waals surface area contributed by atoms with Crippen molar-refractivity contribution in [3.63, 3.8) is 0 Å². The molecule has 1 heterocycles. The summed E-state index contributed by atoms with van der Waals surface area (Å²) in [6.45, 7) is 9.92. The second-order valence-corrected chi connectivity index (χ2v) is 7.44. The summed E-state index contributed by atoms with van der Waals surface area (Å²) in [7, 11) is 1.72. The maximum atomic E-state index is 12.9. The molecule has 28 heavy (non-hydrogen) atoms. The van der Waals surface area contributed by atoms with Gasteiger partial charge in [-0.3, -0.25) is 4.79 Å². The minimum atomic E-state index is -0.0593. The van der Waals surface area contributed by atoms with Crippen molar-refractivity contribution >= 4 is 12.1 Å². The van der Waals surface area contributed by atoms with Gasteiger partial charge in [0.1, 0.15) is 5.70 Å². The first kappa shape index (κ1) is 19.9. The maximum absolute atomic E-state index is 12.9. The lowest BCUT2D eigenvalue weighted by Crippen LogP contribution is -2.31. The van der Waals surface area contributed by atoms with Crippen molar-refractivity contribution in [2.24, 2.45) is 0 Å². The van der Waals surface area contributed by atoms with Crippen molar-refractivity contribution in [2.75, 3.05) is 7.05 Å². The van der Waals surface area contributed by atoms with E-state index in [1.807, 2.05) is 4.90 Å². The van der Waals surface area contributed by atoms with Crippen LogP contribution < -0.4 is 5.32 Å². The van der Waals surface area contributed by atoms with Crippen LogP contribution in [0.5, 0.6) is 0 Å². The van der Waals surface area contributed by atoms with Gasteiger partial charge in [0, 0.05) is 26.4 Å². The minimum absolute atomic E-state index is 0.0593. The van der Waals surface area contributed by atoms with E-state index in [2.05, 4.69) is 57.3 Å². The average molecular weight is 376 g/mol. The number of carbonyl (C=O) groups is 1. The topological polar surface area (TPSA) is 56.2 Å². The highest BCUT2D eigenvalue weighted by Gasteiger charge is 2.30. The lowest BCUT2D eigenvalue weighted by atomic mass is 9.84. The fourth-order valence-corrected chi connectivity index (χ4v) is 4.28. The molecule has 1 amide bonds. The Bertz CT molecular complexity index is 955. The number of nitrogens with zero attached hydrogens (tertiary/aromatic N) is 1. The number of carbonyl (C=O) groups excluding carboxylic acids is 1. The molecule has 2 aromatic carbocycles. The second kappa shape index (κ2) is 8.01. The van der Waals surface area contributed by atoms with E-state index in [4.69, 9.17) is 5.41 Å². The highest BCUT2D eigenvalue weighted by molar-refractivity contribution is 5.96. The van der Waals surface area contributed by atoms with E-state index in [0.717, 1.165) is 12.6 Å². The highest BCUT2D eigenvalue weighted by atomic mass is 16.2. The van der Waals surface area contributed by atoms with Crippen molar-refractivity contribution in [1.29, 1.82) is 5.41 Å². The first-order valence-corrected chi connectivity index (χ1v) is 9.81. The van der Waals surface area contributed by atoms with E-state index < -0.39 is 0 Å². The molecule has 0 atom stereocenters. The van der Waals surface area contributed by atoms with Crippen molar-refractivity contribution in [1.82, 2.24) is 10.2 Å². The zero-order valence-corrected chi connectivity index (χ0v) is 17.4. The Morgan fingerprint density at radius 3 is 2.25 bits per heavy atom. The van der Waals surface area contributed by atoms with Gasteiger partial charge < -0.3 is 15.6 Å². The van der Waals surface area contributed by atoms with Crippen LogP contribution in [0.1, 0.15) is 40.3 Å². The lowest BCUT2D eigenvalue weighted by molar-refractivity contribution is -0.128. The SMILES string of the molecule is CCc1c(C)c2c(c(C)c1-c1ccc(C)cc1)CN(C(=O)/C(=C/C=N)NC)C2. The predicted octanol–water partition coefficient (Wildman–Crippen LogP) is 4.44. The molecule has 1 aliphatic rings. The van der Waals surface area contributed by atoms with Crippen molar-refractivity contribution in [2.45, 2.75) is 47.2 Å². The molecule has 0 aromatic heterocycles. The molecule has 0 saturated heterocycles. The van der Waals surface area contributed by atoms with Crippen LogP contribution in [0.3, 0.4) is 0 Å². The number of likely N-dealkylation sites (N-methyl/N-ethyl adjacent to an activating group) is 1. The van der Waals surface area contributed by atoms with Gasteiger partial charge in [-0.15, -0.1) is 0 Å². The number of hydrogen-bond acceptors (Lipinski definition) is 3. The molecular weight excluding hydrogens is 346 g/mol. The number of aryl methyl sites for hydroxylation is 1. The molecule has 3 rings (SSSR count). The zero-order valence-electron chi connectivity index (χ0n) is 17.4. The Kier molecular flexibility index (Phi) is 5.68. The van der Waals surface area contributed by atoms with Gasteiger partial charge in [-0.1, -0.05) is 36.8 Å². The van der Waals surface area contributed by atoms with E-state index >= 15 is 0 Å². The van der Waals surface area contributed by atoms with Gasteiger partial charge in [-0.25, -0.2) is 0 Å². The Labute approximate surface area is 167 Å². The summed E-state index contributed by atoms with van der Waals surface area (Å²) >= 11 is 0. The maximum Gasteiger partial charge on any atom is 0.270 e. The van der Waals surface area contributed by atoms with E-state index in [-0.39, 0.29) is 5.91 Å². The molecule has 0 unspecified atom stereocenters. The molecule has 4 nitrogen and oxygen atoms in total. The number of benzene rings is 2. The van der Waals surface area contributed by atoms with Gasteiger partial charge in [-0.2, -0.15) is 0 Å². The standard InChI is InChI=1S/C24H29N3O/c1-6-19-16(3)20-13-27(24(28)22(26-5)11-12-25)14-21(20)17(4)23(19)18-9-7-15(2)8-10-18/h7-12,25-26H,6,13-14H2,1-5H3/b22-11-,25-12?. The Morgan fingerprint density at radius 2 is 1.71 bits per heavy atom. The third-order valence-corrected chi connectivity index (χ3v) is 5.83. The van der Waals surface area contributed by atoms with Crippen LogP contribution in [0.4, 0.5) is 0 Å². The molecule has 146 valence electrons. The van der Waals surface area contributed by atoms with Crippen molar-refractivity contribution in [3.05, 3.63) is 69.4 Å². The normalized spacial score (nSPS) is 13.5. The molecule has 0 aliphatic carbocycles. The molecule has 0 bridgehead atoms. The second-order valence-electron chi connectivity index (χ2n) is 7.44.